The van der Waals surface area contributed by atoms with Crippen LogP contribution in [0.25, 0.3) is 11.4 Å². The second-order valence-electron chi connectivity index (χ2n) is 6.71. The molecular weight excluding hydrogens is 324 g/mol. The Morgan fingerprint density at radius 1 is 1.42 bits per heavy atom. The predicted molar refractivity (Wildman–Crippen MR) is 91.6 cm³/mol. The first-order valence-corrected chi connectivity index (χ1v) is 9.58. The molecule has 2 aromatic rings. The molecule has 1 N–H and O–H groups in total. The SMILES string of the molecule is O=C(CCc1nc(-c2ccsc2)no1)NC[C@@H]1CCN(C2CC2)C1. The van der Waals surface area contributed by atoms with Gasteiger partial charge in [0.05, 0.1) is 0 Å². The van der Waals surface area contributed by atoms with Gasteiger partial charge in [-0.1, -0.05) is 5.16 Å². The molecule has 3 heterocycles. The predicted octanol–water partition coefficient (Wildman–Crippen LogP) is 2.33. The van der Waals surface area contributed by atoms with E-state index < -0.39 is 0 Å². The number of rotatable bonds is 7. The number of aromatic nitrogens is 2. The zero-order chi connectivity index (χ0) is 16.4. The lowest BCUT2D eigenvalue weighted by Gasteiger charge is -2.15. The molecular formula is C17H22N4O2S. The van der Waals surface area contributed by atoms with Gasteiger partial charge in [-0.2, -0.15) is 16.3 Å². The molecule has 128 valence electrons. The fourth-order valence-corrected chi connectivity index (χ4v) is 3.87. The number of amides is 1. The van der Waals surface area contributed by atoms with Gasteiger partial charge in [-0.25, -0.2) is 0 Å². The van der Waals surface area contributed by atoms with Crippen molar-refractivity contribution >= 4 is 17.2 Å². The minimum atomic E-state index is 0.0650. The highest BCUT2D eigenvalue weighted by atomic mass is 32.1. The van der Waals surface area contributed by atoms with Gasteiger partial charge in [0.1, 0.15) is 0 Å². The molecule has 0 bridgehead atoms. The van der Waals surface area contributed by atoms with Gasteiger partial charge in [0.25, 0.3) is 0 Å². The number of carbonyl (C=O) groups is 1. The molecule has 0 radical (unpaired) electrons. The highest BCUT2D eigenvalue weighted by Gasteiger charge is 2.34. The zero-order valence-electron chi connectivity index (χ0n) is 13.6. The third-order valence-electron chi connectivity index (χ3n) is 4.78. The Kier molecular flexibility index (Phi) is 4.62. The van der Waals surface area contributed by atoms with Crippen molar-refractivity contribution in [3.8, 4) is 11.4 Å². The molecule has 1 aliphatic heterocycles. The second kappa shape index (κ2) is 7.03. The van der Waals surface area contributed by atoms with E-state index in [1.165, 1.54) is 25.8 Å². The average molecular weight is 346 g/mol. The van der Waals surface area contributed by atoms with Crippen LogP contribution in [0, 0.1) is 5.92 Å². The summed E-state index contributed by atoms with van der Waals surface area (Å²) in [5.41, 5.74) is 0.959. The first kappa shape index (κ1) is 15.8. The molecule has 6 nitrogen and oxygen atoms in total. The standard InChI is InChI=1S/C17H22N4O2S/c22-15(18-9-12-5-7-21(10-12)14-1-2-14)3-4-16-19-17(20-23-16)13-6-8-24-11-13/h6,8,11-12,14H,1-5,7,9-10H2,(H,18,22)/t12-/m0/s1. The number of carbonyl (C=O) groups excluding carboxylic acids is 1. The van der Waals surface area contributed by atoms with Crippen molar-refractivity contribution in [2.45, 2.75) is 38.1 Å². The van der Waals surface area contributed by atoms with Crippen LogP contribution in [0.4, 0.5) is 0 Å². The van der Waals surface area contributed by atoms with Crippen LogP contribution >= 0.6 is 11.3 Å². The second-order valence-corrected chi connectivity index (χ2v) is 7.49. The molecule has 2 fully saturated rings. The van der Waals surface area contributed by atoms with E-state index in [-0.39, 0.29) is 5.91 Å². The van der Waals surface area contributed by atoms with Gasteiger partial charge in [0.2, 0.25) is 17.6 Å². The fourth-order valence-electron chi connectivity index (χ4n) is 3.23. The lowest BCUT2D eigenvalue weighted by molar-refractivity contribution is -0.121. The van der Waals surface area contributed by atoms with Crippen molar-refractivity contribution in [3.05, 3.63) is 22.7 Å². The molecule has 24 heavy (non-hydrogen) atoms. The van der Waals surface area contributed by atoms with Gasteiger partial charge in [-0.15, -0.1) is 0 Å². The van der Waals surface area contributed by atoms with E-state index in [0.29, 0.717) is 30.5 Å². The number of aryl methyl sites for hydroxylation is 1. The largest absolute Gasteiger partial charge is 0.356 e. The number of nitrogens with zero attached hydrogens (tertiary/aromatic N) is 3. The first-order valence-electron chi connectivity index (χ1n) is 8.64. The van der Waals surface area contributed by atoms with E-state index in [4.69, 9.17) is 4.52 Å². The number of hydrogen-bond acceptors (Lipinski definition) is 6. The molecule has 1 atom stereocenters. The van der Waals surface area contributed by atoms with Crippen LogP contribution in [0.2, 0.25) is 0 Å². The Balaban J connectivity index is 1.18. The van der Waals surface area contributed by atoms with Crippen molar-refractivity contribution in [3.63, 3.8) is 0 Å². The van der Waals surface area contributed by atoms with Crippen LogP contribution in [-0.2, 0) is 11.2 Å². The van der Waals surface area contributed by atoms with Crippen molar-refractivity contribution in [2.24, 2.45) is 5.92 Å². The van der Waals surface area contributed by atoms with Crippen LogP contribution in [0.5, 0.6) is 0 Å². The molecule has 0 aromatic carbocycles. The molecule has 1 saturated carbocycles. The van der Waals surface area contributed by atoms with Crippen LogP contribution in [-0.4, -0.2) is 46.6 Å². The highest BCUT2D eigenvalue weighted by molar-refractivity contribution is 7.08. The molecule has 0 spiro atoms. The van der Waals surface area contributed by atoms with E-state index >= 15 is 0 Å². The van der Waals surface area contributed by atoms with E-state index in [1.54, 1.807) is 11.3 Å². The summed E-state index contributed by atoms with van der Waals surface area (Å²) in [5, 5.41) is 11.0. The maximum Gasteiger partial charge on any atom is 0.227 e. The van der Waals surface area contributed by atoms with Crippen molar-refractivity contribution in [2.75, 3.05) is 19.6 Å². The van der Waals surface area contributed by atoms with Crippen LogP contribution in [0.1, 0.15) is 31.6 Å². The summed E-state index contributed by atoms with van der Waals surface area (Å²) >= 11 is 1.60. The Morgan fingerprint density at radius 2 is 2.33 bits per heavy atom. The maximum absolute atomic E-state index is 12.0. The summed E-state index contributed by atoms with van der Waals surface area (Å²) in [7, 11) is 0. The molecule has 0 unspecified atom stereocenters. The average Bonchev–Trinajstić information content (AvgIpc) is 3.03. The van der Waals surface area contributed by atoms with Crippen LogP contribution in [0.15, 0.2) is 21.3 Å². The molecule has 1 aliphatic carbocycles. The molecule has 2 aliphatic rings. The van der Waals surface area contributed by atoms with E-state index in [1.807, 2.05) is 16.8 Å². The fraction of sp³-hybridized carbons (Fsp3) is 0.588. The van der Waals surface area contributed by atoms with Gasteiger partial charge in [0.15, 0.2) is 0 Å². The highest BCUT2D eigenvalue weighted by Crippen LogP contribution is 2.31. The number of hydrogen-bond donors (Lipinski definition) is 1. The van der Waals surface area contributed by atoms with Gasteiger partial charge < -0.3 is 14.7 Å². The van der Waals surface area contributed by atoms with Crippen LogP contribution < -0.4 is 5.32 Å². The van der Waals surface area contributed by atoms with Gasteiger partial charge in [-0.3, -0.25) is 4.79 Å². The summed E-state index contributed by atoms with van der Waals surface area (Å²) < 4.78 is 5.22. The van der Waals surface area contributed by atoms with E-state index in [0.717, 1.165) is 24.7 Å². The van der Waals surface area contributed by atoms with Crippen molar-refractivity contribution in [1.29, 1.82) is 0 Å². The normalized spacial score (nSPS) is 21.2. The Hall–Kier alpha value is -1.73. The summed E-state index contributed by atoms with van der Waals surface area (Å²) in [4.78, 5) is 18.9. The van der Waals surface area contributed by atoms with Crippen molar-refractivity contribution in [1.82, 2.24) is 20.4 Å². The minimum Gasteiger partial charge on any atom is -0.356 e. The molecule has 2 aromatic heterocycles. The summed E-state index contributed by atoms with van der Waals surface area (Å²) in [6, 6.07) is 2.79. The summed E-state index contributed by atoms with van der Waals surface area (Å²) in [5.74, 6) is 1.78. The van der Waals surface area contributed by atoms with Gasteiger partial charge >= 0.3 is 0 Å². The molecule has 1 amide bonds. The third-order valence-corrected chi connectivity index (χ3v) is 5.47. The van der Waals surface area contributed by atoms with E-state index in [9.17, 15) is 4.79 Å². The van der Waals surface area contributed by atoms with E-state index in [2.05, 4.69) is 20.4 Å². The van der Waals surface area contributed by atoms with Crippen molar-refractivity contribution < 1.29 is 9.32 Å². The van der Waals surface area contributed by atoms with Gasteiger partial charge in [0, 0.05) is 42.9 Å². The monoisotopic (exact) mass is 346 g/mol. The lowest BCUT2D eigenvalue weighted by atomic mass is 10.1. The lowest BCUT2D eigenvalue weighted by Crippen LogP contribution is -2.31. The topological polar surface area (TPSA) is 71.3 Å². The molecule has 1 saturated heterocycles. The Labute approximate surface area is 145 Å². The third kappa shape index (κ3) is 3.84. The Morgan fingerprint density at radius 3 is 3.12 bits per heavy atom. The first-order chi connectivity index (χ1) is 11.8. The molecule has 4 rings (SSSR count). The minimum absolute atomic E-state index is 0.0650. The Bertz CT molecular complexity index is 681. The maximum atomic E-state index is 12.0. The summed E-state index contributed by atoms with van der Waals surface area (Å²) in [6.07, 6.45) is 4.80. The summed E-state index contributed by atoms with van der Waals surface area (Å²) in [6.45, 7) is 3.11. The number of thiophene rings is 1. The van der Waals surface area contributed by atoms with Gasteiger partial charge in [-0.05, 0) is 43.2 Å². The number of likely N-dealkylation sites (tertiary alicyclic amines) is 1. The van der Waals surface area contributed by atoms with Crippen LogP contribution in [0.3, 0.4) is 0 Å². The molecule has 7 heteroatoms. The zero-order valence-corrected chi connectivity index (χ0v) is 14.4. The smallest absolute Gasteiger partial charge is 0.227 e. The quantitative estimate of drug-likeness (QED) is 0.833. The number of nitrogens with one attached hydrogen (secondary N) is 1.